The third-order valence-corrected chi connectivity index (χ3v) is 4.50. The van der Waals surface area contributed by atoms with Crippen molar-refractivity contribution < 1.29 is 9.72 Å². The van der Waals surface area contributed by atoms with E-state index in [1.54, 1.807) is 24.0 Å². The molecule has 2 heterocycles. The van der Waals surface area contributed by atoms with Crippen LogP contribution in [-0.4, -0.2) is 56.9 Å². The highest BCUT2D eigenvalue weighted by atomic mass is 16.6. The second-order valence-corrected chi connectivity index (χ2v) is 6.09. The molecule has 9 heteroatoms. The van der Waals surface area contributed by atoms with Gasteiger partial charge in [0.15, 0.2) is 5.69 Å². The molecule has 1 aromatic heterocycles. The highest BCUT2D eigenvalue weighted by Crippen LogP contribution is 2.20. The zero-order valence-corrected chi connectivity index (χ0v) is 14.2. The summed E-state index contributed by atoms with van der Waals surface area (Å²) in [7, 11) is 1.89. The number of carbonyl (C=O) groups excluding carboxylic acids is 1. The highest BCUT2D eigenvalue weighted by Gasteiger charge is 2.27. The minimum Gasteiger partial charge on any atom is -0.336 e. The first-order valence-electron chi connectivity index (χ1n) is 8.15. The van der Waals surface area contributed by atoms with Gasteiger partial charge in [-0.2, -0.15) is 0 Å². The number of hydrogen-bond donors (Lipinski definition) is 1. The Morgan fingerprint density at radius 3 is 2.96 bits per heavy atom. The number of likely N-dealkylation sites (N-methyl/N-ethyl adjacent to an activating group) is 1. The zero-order chi connectivity index (χ0) is 18.0. The lowest BCUT2D eigenvalue weighted by atomic mass is 10.1. The van der Waals surface area contributed by atoms with Crippen molar-refractivity contribution in [3.63, 3.8) is 0 Å². The lowest BCUT2D eigenvalue weighted by Gasteiger charge is -2.32. The maximum Gasteiger partial charge on any atom is 0.276 e. The average molecular weight is 344 g/mol. The number of nitrogens with zero attached hydrogens (tertiary/aromatic N) is 5. The molecule has 0 radical (unpaired) electrons. The first-order valence-corrected chi connectivity index (χ1v) is 8.15. The summed E-state index contributed by atoms with van der Waals surface area (Å²) in [6, 6.07) is 6.38. The van der Waals surface area contributed by atoms with Crippen LogP contribution in [0.1, 0.15) is 29.0 Å². The van der Waals surface area contributed by atoms with E-state index < -0.39 is 4.92 Å². The fourth-order valence-corrected chi connectivity index (χ4v) is 3.06. The van der Waals surface area contributed by atoms with Crippen LogP contribution in [0.5, 0.6) is 0 Å². The quantitative estimate of drug-likeness (QED) is 0.662. The van der Waals surface area contributed by atoms with E-state index in [0.717, 1.165) is 12.8 Å². The minimum absolute atomic E-state index is 0.0341. The van der Waals surface area contributed by atoms with Gasteiger partial charge in [0.1, 0.15) is 0 Å². The Morgan fingerprint density at radius 1 is 1.44 bits per heavy atom. The number of nitro benzene ring substituents is 1. The van der Waals surface area contributed by atoms with E-state index in [-0.39, 0.29) is 23.3 Å². The second kappa shape index (κ2) is 6.98. The molecular formula is C16H20N6O3. The molecule has 1 unspecified atom stereocenters. The van der Waals surface area contributed by atoms with Crippen LogP contribution in [0.4, 0.5) is 5.69 Å². The molecule has 1 aliphatic rings. The van der Waals surface area contributed by atoms with Gasteiger partial charge in [0.25, 0.3) is 11.6 Å². The number of nitrogens with one attached hydrogen (secondary N) is 1. The lowest BCUT2D eigenvalue weighted by molar-refractivity contribution is -0.384. The number of aromatic nitrogens is 3. The molecule has 9 nitrogen and oxygen atoms in total. The molecule has 3 rings (SSSR count). The number of hydrogen-bond acceptors (Lipinski definition) is 6. The highest BCUT2D eigenvalue weighted by molar-refractivity contribution is 5.93. The van der Waals surface area contributed by atoms with E-state index in [1.165, 1.54) is 16.8 Å². The molecule has 0 aliphatic carbocycles. The zero-order valence-electron chi connectivity index (χ0n) is 14.2. The van der Waals surface area contributed by atoms with Crippen LogP contribution in [0.3, 0.4) is 0 Å². The number of non-ortho nitro benzene ring substituents is 1. The van der Waals surface area contributed by atoms with Crippen LogP contribution in [0.15, 0.2) is 24.3 Å². The predicted octanol–water partition coefficient (Wildman–Crippen LogP) is 1.31. The van der Waals surface area contributed by atoms with Gasteiger partial charge >= 0.3 is 0 Å². The number of rotatable bonds is 4. The second-order valence-electron chi connectivity index (χ2n) is 6.09. The third-order valence-electron chi connectivity index (χ3n) is 4.50. The molecule has 1 aliphatic heterocycles. The minimum atomic E-state index is -0.465. The summed E-state index contributed by atoms with van der Waals surface area (Å²) in [5.74, 6) is -0.158. The Balaban J connectivity index is 1.87. The molecule has 0 saturated carbocycles. The maximum absolute atomic E-state index is 12.8. The van der Waals surface area contributed by atoms with Crippen molar-refractivity contribution >= 4 is 11.6 Å². The fourth-order valence-electron chi connectivity index (χ4n) is 3.06. The molecule has 1 saturated heterocycles. The summed E-state index contributed by atoms with van der Waals surface area (Å²) < 4.78 is 1.46. The molecule has 2 aromatic rings. The number of benzene rings is 1. The predicted molar refractivity (Wildman–Crippen MR) is 90.7 cm³/mol. The Hall–Kier alpha value is -2.81. The first kappa shape index (κ1) is 17.0. The van der Waals surface area contributed by atoms with Gasteiger partial charge in [0, 0.05) is 31.3 Å². The standard InChI is InChI=1S/C16H20N6O3/c1-11-15(16(23)20-8-4-5-12(10-20)17-2)18-19-21(11)13-6-3-7-14(9-13)22(24)25/h3,6-7,9,12,17H,4-5,8,10H2,1-2H3. The normalized spacial score (nSPS) is 17.5. The van der Waals surface area contributed by atoms with Crippen molar-refractivity contribution in [1.29, 1.82) is 0 Å². The molecule has 132 valence electrons. The largest absolute Gasteiger partial charge is 0.336 e. The molecule has 1 N–H and O–H groups in total. The maximum atomic E-state index is 12.8. The van der Waals surface area contributed by atoms with Crippen molar-refractivity contribution in [2.45, 2.75) is 25.8 Å². The van der Waals surface area contributed by atoms with Gasteiger partial charge in [-0.15, -0.1) is 5.10 Å². The van der Waals surface area contributed by atoms with Gasteiger partial charge < -0.3 is 10.2 Å². The van der Waals surface area contributed by atoms with Crippen molar-refractivity contribution in [2.24, 2.45) is 0 Å². The Labute approximate surface area is 144 Å². The third kappa shape index (κ3) is 3.36. The molecule has 1 amide bonds. The van der Waals surface area contributed by atoms with Crippen molar-refractivity contribution in [3.05, 3.63) is 45.8 Å². The van der Waals surface area contributed by atoms with Crippen molar-refractivity contribution in [3.8, 4) is 5.69 Å². The van der Waals surface area contributed by atoms with E-state index in [4.69, 9.17) is 0 Å². The van der Waals surface area contributed by atoms with Crippen LogP contribution in [-0.2, 0) is 0 Å². The van der Waals surface area contributed by atoms with Gasteiger partial charge in [-0.25, -0.2) is 4.68 Å². The van der Waals surface area contributed by atoms with Gasteiger partial charge in [0.05, 0.1) is 16.3 Å². The van der Waals surface area contributed by atoms with E-state index in [0.29, 0.717) is 24.5 Å². The van der Waals surface area contributed by atoms with Crippen molar-refractivity contribution in [1.82, 2.24) is 25.2 Å². The number of carbonyl (C=O) groups is 1. The Bertz CT molecular complexity index is 803. The fraction of sp³-hybridized carbons (Fsp3) is 0.438. The molecule has 25 heavy (non-hydrogen) atoms. The van der Waals surface area contributed by atoms with E-state index in [2.05, 4.69) is 15.6 Å². The molecule has 1 fully saturated rings. The van der Waals surface area contributed by atoms with Gasteiger partial charge in [-0.3, -0.25) is 14.9 Å². The van der Waals surface area contributed by atoms with Crippen molar-refractivity contribution in [2.75, 3.05) is 20.1 Å². The SMILES string of the molecule is CNC1CCCN(C(=O)c2nnn(-c3cccc([N+](=O)[O-])c3)c2C)C1. The summed E-state index contributed by atoms with van der Waals surface area (Å²) in [4.78, 5) is 25.0. The van der Waals surface area contributed by atoms with Crippen LogP contribution in [0.2, 0.25) is 0 Å². The van der Waals surface area contributed by atoms with Crippen LogP contribution in [0, 0.1) is 17.0 Å². The van der Waals surface area contributed by atoms with E-state index in [9.17, 15) is 14.9 Å². The number of nitro groups is 1. The Kier molecular flexibility index (Phi) is 4.75. The summed E-state index contributed by atoms with van der Waals surface area (Å²) in [5.41, 5.74) is 1.32. The lowest BCUT2D eigenvalue weighted by Crippen LogP contribution is -2.47. The molecular weight excluding hydrogens is 324 g/mol. The molecule has 0 spiro atoms. The smallest absolute Gasteiger partial charge is 0.276 e. The first-order chi connectivity index (χ1) is 12.0. The summed E-state index contributed by atoms with van der Waals surface area (Å²) in [6.45, 7) is 3.07. The topological polar surface area (TPSA) is 106 Å². The van der Waals surface area contributed by atoms with Crippen LogP contribution in [0.25, 0.3) is 5.69 Å². The molecule has 1 aromatic carbocycles. The summed E-state index contributed by atoms with van der Waals surface area (Å²) in [5, 5.41) is 22.2. The van der Waals surface area contributed by atoms with E-state index in [1.807, 2.05) is 7.05 Å². The average Bonchev–Trinajstić information content (AvgIpc) is 3.02. The summed E-state index contributed by atoms with van der Waals surface area (Å²) in [6.07, 6.45) is 1.98. The van der Waals surface area contributed by atoms with Crippen LogP contribution >= 0.6 is 0 Å². The van der Waals surface area contributed by atoms with Gasteiger partial charge in [0.2, 0.25) is 0 Å². The number of likely N-dealkylation sites (tertiary alicyclic amines) is 1. The monoisotopic (exact) mass is 344 g/mol. The summed E-state index contributed by atoms with van der Waals surface area (Å²) >= 11 is 0. The molecule has 1 atom stereocenters. The van der Waals surface area contributed by atoms with E-state index >= 15 is 0 Å². The van der Waals surface area contributed by atoms with Crippen LogP contribution < -0.4 is 5.32 Å². The number of amides is 1. The van der Waals surface area contributed by atoms with Gasteiger partial charge in [-0.1, -0.05) is 11.3 Å². The molecule has 0 bridgehead atoms. The Morgan fingerprint density at radius 2 is 2.24 bits per heavy atom. The number of piperidine rings is 1. The van der Waals surface area contributed by atoms with Gasteiger partial charge in [-0.05, 0) is 32.9 Å².